The summed E-state index contributed by atoms with van der Waals surface area (Å²) in [4.78, 5) is 17.2. The third-order valence-electron chi connectivity index (χ3n) is 3.28. The zero-order valence-corrected chi connectivity index (χ0v) is 13.7. The van der Waals surface area contributed by atoms with Crippen LogP contribution in [0.2, 0.25) is 0 Å². The van der Waals surface area contributed by atoms with Crippen molar-refractivity contribution in [1.82, 2.24) is 10.3 Å². The molecule has 124 valence electrons. The molecule has 2 heterocycles. The Morgan fingerprint density at radius 2 is 2.21 bits per heavy atom. The average Bonchev–Trinajstić information content (AvgIpc) is 3.29. The monoisotopic (exact) mass is 343 g/mol. The minimum absolute atomic E-state index is 0.0829. The largest absolute Gasteiger partial charge is 0.438 e. The fraction of sp³-hybridized carbons (Fsp3) is 0.176. The van der Waals surface area contributed by atoms with Gasteiger partial charge in [-0.25, -0.2) is 4.98 Å². The van der Waals surface area contributed by atoms with Crippen molar-refractivity contribution in [1.29, 1.82) is 0 Å². The number of thiophene rings is 1. The molecule has 0 atom stereocenters. The summed E-state index contributed by atoms with van der Waals surface area (Å²) < 4.78 is 5.71. The molecule has 7 heteroatoms. The fourth-order valence-corrected chi connectivity index (χ4v) is 2.82. The molecule has 6 nitrogen and oxygen atoms in total. The topological polar surface area (TPSA) is 87.4 Å². The quantitative estimate of drug-likeness (QED) is 0.614. The lowest BCUT2D eigenvalue weighted by atomic mass is 10.2. The molecule has 24 heavy (non-hydrogen) atoms. The van der Waals surface area contributed by atoms with Crippen LogP contribution in [0.3, 0.4) is 0 Å². The second-order valence-electron chi connectivity index (χ2n) is 5.01. The molecular weight excluding hydrogens is 326 g/mol. The van der Waals surface area contributed by atoms with E-state index in [0.717, 1.165) is 16.3 Å². The number of hydrogen-bond donors (Lipinski definition) is 3. The van der Waals surface area contributed by atoms with Crippen LogP contribution >= 0.6 is 11.3 Å². The molecule has 2 aromatic heterocycles. The van der Waals surface area contributed by atoms with Gasteiger partial charge in [0.1, 0.15) is 0 Å². The van der Waals surface area contributed by atoms with Crippen molar-refractivity contribution >= 4 is 22.9 Å². The number of nitrogens with zero attached hydrogens (tertiary/aromatic N) is 1. The number of amides is 1. The number of aliphatic hydroxyl groups excluding tert-OH is 1. The highest BCUT2D eigenvalue weighted by molar-refractivity contribution is 7.13. The van der Waals surface area contributed by atoms with E-state index in [-0.39, 0.29) is 19.1 Å². The molecule has 0 unspecified atom stereocenters. The number of carbonyl (C=O) groups excluding carboxylic acids is 1. The van der Waals surface area contributed by atoms with E-state index >= 15 is 0 Å². The zero-order valence-electron chi connectivity index (χ0n) is 12.9. The van der Waals surface area contributed by atoms with E-state index < -0.39 is 0 Å². The van der Waals surface area contributed by atoms with Gasteiger partial charge < -0.3 is 20.2 Å². The molecule has 0 bridgehead atoms. The van der Waals surface area contributed by atoms with E-state index in [9.17, 15) is 4.79 Å². The number of rotatable bonds is 7. The number of aliphatic hydroxyl groups is 1. The number of carbonyl (C=O) groups is 1. The number of oxazole rings is 1. The van der Waals surface area contributed by atoms with Crippen LogP contribution in [0, 0.1) is 0 Å². The smallest absolute Gasteiger partial charge is 0.251 e. The van der Waals surface area contributed by atoms with Gasteiger partial charge in [-0.05, 0) is 29.6 Å². The molecule has 3 N–H and O–H groups in total. The highest BCUT2D eigenvalue weighted by Gasteiger charge is 2.08. The Balaban J connectivity index is 1.61. The highest BCUT2D eigenvalue weighted by Crippen LogP contribution is 2.25. The van der Waals surface area contributed by atoms with Gasteiger partial charge in [-0.3, -0.25) is 4.79 Å². The number of aromatic nitrogens is 1. The number of benzene rings is 1. The van der Waals surface area contributed by atoms with Gasteiger partial charge in [-0.1, -0.05) is 12.1 Å². The summed E-state index contributed by atoms with van der Waals surface area (Å²) >= 11 is 1.60. The van der Waals surface area contributed by atoms with Crippen LogP contribution in [0.15, 0.2) is 52.4 Å². The van der Waals surface area contributed by atoms with Gasteiger partial charge in [0, 0.05) is 17.8 Å². The standard InChI is InChI=1S/C17H17N3O3S/c21-7-6-18-17(22)12-3-1-4-13(9-12)19-11-16-20-10-14(23-16)15-5-2-8-24-15/h1-5,8-10,19,21H,6-7,11H2,(H,18,22). The summed E-state index contributed by atoms with van der Waals surface area (Å²) in [7, 11) is 0. The summed E-state index contributed by atoms with van der Waals surface area (Å²) in [5.41, 5.74) is 1.32. The van der Waals surface area contributed by atoms with Crippen LogP contribution in [0.1, 0.15) is 16.2 Å². The van der Waals surface area contributed by atoms with E-state index in [0.29, 0.717) is 18.0 Å². The Labute approximate surface area is 143 Å². The fourth-order valence-electron chi connectivity index (χ4n) is 2.14. The van der Waals surface area contributed by atoms with E-state index in [2.05, 4.69) is 15.6 Å². The van der Waals surface area contributed by atoms with Crippen molar-refractivity contribution in [2.24, 2.45) is 0 Å². The van der Waals surface area contributed by atoms with E-state index in [1.54, 1.807) is 35.7 Å². The first-order chi connectivity index (χ1) is 11.8. The van der Waals surface area contributed by atoms with Crippen LogP contribution in [0.4, 0.5) is 5.69 Å². The maximum Gasteiger partial charge on any atom is 0.251 e. The molecule has 0 aliphatic rings. The maximum atomic E-state index is 11.9. The van der Waals surface area contributed by atoms with Gasteiger partial charge in [0.2, 0.25) is 5.89 Å². The first-order valence-corrected chi connectivity index (χ1v) is 8.36. The van der Waals surface area contributed by atoms with Crippen molar-refractivity contribution in [3.8, 4) is 10.6 Å². The van der Waals surface area contributed by atoms with Gasteiger partial charge in [-0.2, -0.15) is 0 Å². The van der Waals surface area contributed by atoms with Crippen LogP contribution in [0.5, 0.6) is 0 Å². The minimum atomic E-state index is -0.219. The van der Waals surface area contributed by atoms with Crippen LogP contribution in [-0.4, -0.2) is 29.1 Å². The van der Waals surface area contributed by atoms with Gasteiger partial charge >= 0.3 is 0 Å². The van der Waals surface area contributed by atoms with Crippen LogP contribution < -0.4 is 10.6 Å². The molecule has 0 aliphatic carbocycles. The Morgan fingerprint density at radius 1 is 1.29 bits per heavy atom. The maximum absolute atomic E-state index is 11.9. The van der Waals surface area contributed by atoms with Crippen LogP contribution in [-0.2, 0) is 6.54 Å². The molecule has 0 saturated heterocycles. The summed E-state index contributed by atoms with van der Waals surface area (Å²) in [5.74, 6) is 1.11. The second kappa shape index (κ2) is 7.76. The van der Waals surface area contributed by atoms with E-state index in [1.807, 2.05) is 23.6 Å². The molecule has 0 spiro atoms. The van der Waals surface area contributed by atoms with Crippen molar-refractivity contribution in [2.75, 3.05) is 18.5 Å². The molecule has 1 aromatic carbocycles. The Bertz CT molecular complexity index is 799. The van der Waals surface area contributed by atoms with E-state index in [1.165, 1.54) is 0 Å². The molecule has 3 rings (SSSR count). The van der Waals surface area contributed by atoms with Crippen LogP contribution in [0.25, 0.3) is 10.6 Å². The summed E-state index contributed by atoms with van der Waals surface area (Å²) in [5, 5.41) is 16.6. The molecule has 1 amide bonds. The highest BCUT2D eigenvalue weighted by atomic mass is 32.1. The third kappa shape index (κ3) is 4.01. The first-order valence-electron chi connectivity index (χ1n) is 7.48. The molecule has 0 aliphatic heterocycles. The van der Waals surface area contributed by atoms with Gasteiger partial charge in [0.15, 0.2) is 5.76 Å². The van der Waals surface area contributed by atoms with Gasteiger partial charge in [0.25, 0.3) is 5.91 Å². The summed E-state index contributed by atoms with van der Waals surface area (Å²) in [6.07, 6.45) is 1.71. The first kappa shape index (κ1) is 16.2. The Morgan fingerprint density at radius 3 is 3.00 bits per heavy atom. The lowest BCUT2D eigenvalue weighted by Gasteiger charge is -2.07. The second-order valence-corrected chi connectivity index (χ2v) is 5.96. The summed E-state index contributed by atoms with van der Waals surface area (Å²) in [6, 6.07) is 11.1. The average molecular weight is 343 g/mol. The van der Waals surface area contributed by atoms with Crippen molar-refractivity contribution in [3.05, 3.63) is 59.4 Å². The summed E-state index contributed by atoms with van der Waals surface area (Å²) in [6.45, 7) is 0.575. The lowest BCUT2D eigenvalue weighted by molar-refractivity contribution is 0.0945. The van der Waals surface area contributed by atoms with Crippen molar-refractivity contribution < 1.29 is 14.3 Å². The van der Waals surface area contributed by atoms with Crippen molar-refractivity contribution in [2.45, 2.75) is 6.54 Å². The third-order valence-corrected chi connectivity index (χ3v) is 4.17. The predicted molar refractivity (Wildman–Crippen MR) is 93.0 cm³/mol. The molecule has 0 saturated carbocycles. The number of hydrogen-bond acceptors (Lipinski definition) is 6. The Hall–Kier alpha value is -2.64. The SMILES string of the molecule is O=C(NCCO)c1cccc(NCc2ncc(-c3cccs3)o2)c1. The van der Waals surface area contributed by atoms with E-state index in [4.69, 9.17) is 9.52 Å². The minimum Gasteiger partial charge on any atom is -0.438 e. The Kier molecular flexibility index (Phi) is 5.25. The normalized spacial score (nSPS) is 10.5. The zero-order chi connectivity index (χ0) is 16.8. The van der Waals surface area contributed by atoms with Gasteiger partial charge in [-0.15, -0.1) is 11.3 Å². The van der Waals surface area contributed by atoms with Gasteiger partial charge in [0.05, 0.1) is 24.2 Å². The molecule has 0 fully saturated rings. The molecular formula is C17H17N3O3S. The molecule has 3 aromatic rings. The lowest BCUT2D eigenvalue weighted by Crippen LogP contribution is -2.26. The number of anilines is 1. The molecule has 0 radical (unpaired) electrons. The predicted octanol–water partition coefficient (Wildman–Crippen LogP) is 2.74. The van der Waals surface area contributed by atoms with Crippen molar-refractivity contribution in [3.63, 3.8) is 0 Å². The number of nitrogens with one attached hydrogen (secondary N) is 2.